The normalized spacial score (nSPS) is 9.67. The van der Waals surface area contributed by atoms with Gasteiger partial charge in [-0.15, -0.1) is 0 Å². The molecule has 6 heteroatoms. The lowest BCUT2D eigenvalue weighted by molar-refractivity contribution is -0.385. The first kappa shape index (κ1) is 8.25. The predicted octanol–water partition coefficient (Wildman–Crippen LogP) is -0.0493. The second-order valence-electron chi connectivity index (χ2n) is 2.24. The second-order valence-corrected chi connectivity index (χ2v) is 2.24. The Bertz CT molecular complexity index is 318. The van der Waals surface area contributed by atoms with Crippen molar-refractivity contribution in [1.29, 1.82) is 0 Å². The van der Waals surface area contributed by atoms with Crippen molar-refractivity contribution in [3.05, 3.63) is 28.1 Å². The summed E-state index contributed by atoms with van der Waals surface area (Å²) in [7, 11) is 0. The van der Waals surface area contributed by atoms with Gasteiger partial charge in [0.15, 0.2) is 0 Å². The van der Waals surface area contributed by atoms with Crippen molar-refractivity contribution in [3.8, 4) is 0 Å². The van der Waals surface area contributed by atoms with Crippen molar-refractivity contribution in [1.82, 2.24) is 4.98 Å². The number of nitrogens with zero attached hydrogens (tertiary/aromatic N) is 1. The van der Waals surface area contributed by atoms with Crippen molar-refractivity contribution < 1.29 is 9.72 Å². The summed E-state index contributed by atoms with van der Waals surface area (Å²) in [5.41, 5.74) is 5.01. The van der Waals surface area contributed by atoms with E-state index in [2.05, 4.69) is 4.98 Å². The Balaban J connectivity index is 2.91. The number of primary amides is 1. The van der Waals surface area contributed by atoms with E-state index in [0.717, 1.165) is 0 Å². The average Bonchev–Trinajstić information content (AvgIpc) is 2.33. The van der Waals surface area contributed by atoms with Crippen LogP contribution >= 0.6 is 0 Å². The zero-order valence-corrected chi connectivity index (χ0v) is 6.11. The number of H-pyrrole nitrogens is 1. The molecule has 0 saturated heterocycles. The van der Waals surface area contributed by atoms with Gasteiger partial charge in [0.2, 0.25) is 5.91 Å². The van der Waals surface area contributed by atoms with E-state index in [-0.39, 0.29) is 17.8 Å². The summed E-state index contributed by atoms with van der Waals surface area (Å²) in [5, 5.41) is 10.3. The summed E-state index contributed by atoms with van der Waals surface area (Å²) >= 11 is 0. The van der Waals surface area contributed by atoms with Crippen LogP contribution in [0.5, 0.6) is 0 Å². The third kappa shape index (κ3) is 1.60. The number of carbonyl (C=O) groups excluding carboxylic acids is 1. The maximum absolute atomic E-state index is 10.4. The summed E-state index contributed by atoms with van der Waals surface area (Å²) in [6.45, 7) is 0. The molecule has 64 valence electrons. The van der Waals surface area contributed by atoms with Crippen LogP contribution in [-0.2, 0) is 11.2 Å². The highest BCUT2D eigenvalue weighted by molar-refractivity contribution is 5.77. The van der Waals surface area contributed by atoms with E-state index in [1.165, 1.54) is 12.3 Å². The first-order valence-electron chi connectivity index (χ1n) is 3.20. The van der Waals surface area contributed by atoms with E-state index < -0.39 is 10.8 Å². The Morgan fingerprint density at radius 3 is 2.92 bits per heavy atom. The fraction of sp³-hybridized carbons (Fsp3) is 0.167. The summed E-state index contributed by atoms with van der Waals surface area (Å²) in [6.07, 6.45) is 1.26. The van der Waals surface area contributed by atoms with Gasteiger partial charge in [0.25, 0.3) is 5.69 Å². The van der Waals surface area contributed by atoms with Crippen molar-refractivity contribution in [2.24, 2.45) is 5.73 Å². The molecule has 1 heterocycles. The molecule has 0 bridgehead atoms. The van der Waals surface area contributed by atoms with E-state index in [0.29, 0.717) is 0 Å². The molecule has 1 amide bonds. The maximum Gasteiger partial charge on any atom is 0.290 e. The number of hydrogen-bond donors (Lipinski definition) is 2. The minimum Gasteiger partial charge on any atom is -0.369 e. The molecule has 0 aliphatic carbocycles. The molecule has 0 atom stereocenters. The number of carbonyl (C=O) groups is 1. The Morgan fingerprint density at radius 2 is 2.42 bits per heavy atom. The first-order chi connectivity index (χ1) is 5.61. The molecule has 0 aliphatic rings. The highest BCUT2D eigenvalue weighted by Crippen LogP contribution is 2.15. The van der Waals surface area contributed by atoms with E-state index in [1.54, 1.807) is 0 Å². The Hall–Kier alpha value is -1.85. The Morgan fingerprint density at radius 1 is 1.75 bits per heavy atom. The monoisotopic (exact) mass is 169 g/mol. The minimum absolute atomic E-state index is 0.103. The molecule has 0 spiro atoms. The van der Waals surface area contributed by atoms with Gasteiger partial charge in [0.05, 0.1) is 11.3 Å². The SMILES string of the molecule is NC(=O)Cc1[nH]ccc1[N+](=O)[O-]. The highest BCUT2D eigenvalue weighted by atomic mass is 16.6. The van der Waals surface area contributed by atoms with Gasteiger partial charge in [0.1, 0.15) is 5.69 Å². The van der Waals surface area contributed by atoms with E-state index in [9.17, 15) is 14.9 Å². The van der Waals surface area contributed by atoms with Crippen LogP contribution in [0.4, 0.5) is 5.69 Å². The molecule has 1 aromatic rings. The quantitative estimate of drug-likeness (QED) is 0.489. The van der Waals surface area contributed by atoms with Crippen LogP contribution in [-0.4, -0.2) is 15.8 Å². The number of nitrogens with two attached hydrogens (primary N) is 1. The van der Waals surface area contributed by atoms with Gasteiger partial charge in [-0.2, -0.15) is 0 Å². The third-order valence-electron chi connectivity index (χ3n) is 1.36. The number of aromatic amines is 1. The fourth-order valence-electron chi connectivity index (χ4n) is 0.883. The molecule has 3 N–H and O–H groups in total. The van der Waals surface area contributed by atoms with Gasteiger partial charge >= 0.3 is 0 Å². The molecule has 6 nitrogen and oxygen atoms in total. The first-order valence-corrected chi connectivity index (χ1v) is 3.20. The smallest absolute Gasteiger partial charge is 0.290 e. The van der Waals surface area contributed by atoms with Crippen LogP contribution in [0.25, 0.3) is 0 Å². The lowest BCUT2D eigenvalue weighted by Crippen LogP contribution is -2.14. The summed E-state index contributed by atoms with van der Waals surface area (Å²) in [5.74, 6) is -0.597. The third-order valence-corrected chi connectivity index (χ3v) is 1.36. The average molecular weight is 169 g/mol. The van der Waals surface area contributed by atoms with Gasteiger partial charge in [-0.05, 0) is 0 Å². The van der Waals surface area contributed by atoms with Crippen LogP contribution in [0.3, 0.4) is 0 Å². The molecule has 0 unspecified atom stereocenters. The number of hydrogen-bond acceptors (Lipinski definition) is 3. The van der Waals surface area contributed by atoms with Gasteiger partial charge in [-0.25, -0.2) is 0 Å². The molecule has 0 aliphatic heterocycles. The van der Waals surface area contributed by atoms with Gasteiger partial charge < -0.3 is 10.7 Å². The van der Waals surface area contributed by atoms with Crippen molar-refractivity contribution in [3.63, 3.8) is 0 Å². The molecule has 0 radical (unpaired) electrons. The number of nitro groups is 1. The zero-order valence-electron chi connectivity index (χ0n) is 6.11. The number of aromatic nitrogens is 1. The molecule has 1 aromatic heterocycles. The standard InChI is InChI=1S/C6H7N3O3/c7-6(10)3-4-5(9(11)12)1-2-8-4/h1-2,8H,3H2,(H2,7,10). The second kappa shape index (κ2) is 3.04. The minimum atomic E-state index is -0.597. The summed E-state index contributed by atoms with van der Waals surface area (Å²) in [6, 6.07) is 1.29. The number of amides is 1. The molecule has 12 heavy (non-hydrogen) atoms. The summed E-state index contributed by atoms with van der Waals surface area (Å²) in [4.78, 5) is 22.7. The number of nitrogens with one attached hydrogen (secondary N) is 1. The lowest BCUT2D eigenvalue weighted by atomic mass is 10.3. The zero-order chi connectivity index (χ0) is 9.14. The molecular weight excluding hydrogens is 162 g/mol. The van der Waals surface area contributed by atoms with Gasteiger partial charge in [-0.3, -0.25) is 14.9 Å². The Labute approximate surface area is 67.5 Å². The molecule has 0 aromatic carbocycles. The molecule has 1 rings (SSSR count). The molecule has 0 fully saturated rings. The topological polar surface area (TPSA) is 102 Å². The largest absolute Gasteiger partial charge is 0.369 e. The Kier molecular flexibility index (Phi) is 2.09. The maximum atomic E-state index is 10.4. The highest BCUT2D eigenvalue weighted by Gasteiger charge is 2.15. The van der Waals surface area contributed by atoms with Crippen LogP contribution in [0.1, 0.15) is 5.69 Å². The lowest BCUT2D eigenvalue weighted by Gasteiger charge is -1.92. The van der Waals surface area contributed by atoms with E-state index >= 15 is 0 Å². The van der Waals surface area contributed by atoms with E-state index in [1.807, 2.05) is 0 Å². The van der Waals surface area contributed by atoms with Crippen molar-refractivity contribution in [2.75, 3.05) is 0 Å². The molecule has 0 saturated carbocycles. The van der Waals surface area contributed by atoms with Crippen LogP contribution in [0.2, 0.25) is 0 Å². The van der Waals surface area contributed by atoms with Gasteiger partial charge in [0, 0.05) is 12.3 Å². The van der Waals surface area contributed by atoms with Crippen molar-refractivity contribution >= 4 is 11.6 Å². The van der Waals surface area contributed by atoms with Crippen LogP contribution < -0.4 is 5.73 Å². The fourth-order valence-corrected chi connectivity index (χ4v) is 0.883. The predicted molar refractivity (Wildman–Crippen MR) is 40.3 cm³/mol. The van der Waals surface area contributed by atoms with Crippen LogP contribution in [0, 0.1) is 10.1 Å². The number of rotatable bonds is 3. The van der Waals surface area contributed by atoms with Crippen molar-refractivity contribution in [2.45, 2.75) is 6.42 Å². The molecular formula is C6H7N3O3. The summed E-state index contributed by atoms with van der Waals surface area (Å²) < 4.78 is 0. The van der Waals surface area contributed by atoms with E-state index in [4.69, 9.17) is 5.73 Å². The van der Waals surface area contributed by atoms with Crippen LogP contribution in [0.15, 0.2) is 12.3 Å². The van der Waals surface area contributed by atoms with Gasteiger partial charge in [-0.1, -0.05) is 0 Å².